The van der Waals surface area contributed by atoms with Gasteiger partial charge in [-0.15, -0.1) is 11.3 Å². The van der Waals surface area contributed by atoms with Crippen molar-refractivity contribution in [1.82, 2.24) is 10.2 Å². The number of nitrogens with one attached hydrogen (secondary N) is 1. The predicted molar refractivity (Wildman–Crippen MR) is 84.6 cm³/mol. The second kappa shape index (κ2) is 5.72. The lowest BCUT2D eigenvalue weighted by Gasteiger charge is -2.28. The SMILES string of the molecule is CCOC(=O)[C@]1(C)N[C@@H](c2cccs2)[C@@H]2C(=O)N(CC)C(=O)[C@H]21. The molecule has 2 aliphatic heterocycles. The number of esters is 1. The molecule has 0 saturated carbocycles. The highest BCUT2D eigenvalue weighted by molar-refractivity contribution is 7.10. The quantitative estimate of drug-likeness (QED) is 0.663. The number of fused-ring (bicyclic) bond motifs is 1. The average Bonchev–Trinajstić information content (AvgIpc) is 3.18. The van der Waals surface area contributed by atoms with Crippen molar-refractivity contribution in [2.24, 2.45) is 11.8 Å². The molecule has 1 N–H and O–H groups in total. The zero-order valence-electron chi connectivity index (χ0n) is 13.4. The fourth-order valence-corrected chi connectivity index (χ4v) is 4.51. The molecule has 0 unspecified atom stereocenters. The van der Waals surface area contributed by atoms with Gasteiger partial charge in [-0.25, -0.2) is 0 Å². The lowest BCUT2D eigenvalue weighted by atomic mass is 9.81. The molecule has 2 saturated heterocycles. The molecule has 0 aliphatic carbocycles. The molecule has 1 aromatic heterocycles. The van der Waals surface area contributed by atoms with E-state index in [1.807, 2.05) is 17.5 Å². The number of thiophene rings is 1. The molecule has 0 spiro atoms. The van der Waals surface area contributed by atoms with E-state index >= 15 is 0 Å². The molecule has 0 radical (unpaired) electrons. The van der Waals surface area contributed by atoms with Crippen molar-refractivity contribution in [1.29, 1.82) is 0 Å². The Labute approximate surface area is 138 Å². The Balaban J connectivity index is 2.06. The number of hydrogen-bond acceptors (Lipinski definition) is 6. The van der Waals surface area contributed by atoms with Crippen LogP contribution in [0.5, 0.6) is 0 Å². The van der Waals surface area contributed by atoms with Crippen molar-refractivity contribution in [3.8, 4) is 0 Å². The summed E-state index contributed by atoms with van der Waals surface area (Å²) >= 11 is 1.51. The normalized spacial score (nSPS) is 33.2. The number of rotatable bonds is 4. The number of amides is 2. The summed E-state index contributed by atoms with van der Waals surface area (Å²) in [6.45, 7) is 5.72. The van der Waals surface area contributed by atoms with Crippen molar-refractivity contribution in [3.05, 3.63) is 22.4 Å². The van der Waals surface area contributed by atoms with Crippen LogP contribution in [0.1, 0.15) is 31.7 Å². The smallest absolute Gasteiger partial charge is 0.326 e. The van der Waals surface area contributed by atoms with Crippen LogP contribution < -0.4 is 5.32 Å². The first-order valence-electron chi connectivity index (χ1n) is 7.79. The molecule has 23 heavy (non-hydrogen) atoms. The van der Waals surface area contributed by atoms with Gasteiger partial charge in [0.1, 0.15) is 5.54 Å². The number of carbonyl (C=O) groups is 3. The maximum Gasteiger partial charge on any atom is 0.326 e. The van der Waals surface area contributed by atoms with Crippen molar-refractivity contribution in [2.45, 2.75) is 32.4 Å². The van der Waals surface area contributed by atoms with Crippen molar-refractivity contribution >= 4 is 29.1 Å². The van der Waals surface area contributed by atoms with Crippen LogP contribution in [0.25, 0.3) is 0 Å². The van der Waals surface area contributed by atoms with Crippen molar-refractivity contribution < 1.29 is 19.1 Å². The standard InChI is InChI=1S/C16H20N2O4S/c1-4-18-13(19)10-11(14(18)20)16(3,15(21)22-5-2)17-12(10)9-7-6-8-23-9/h6-8,10-12,17H,4-5H2,1-3H3/t10-,11+,12+,16-/m1/s1. The minimum atomic E-state index is -1.19. The van der Waals surface area contributed by atoms with E-state index in [-0.39, 0.29) is 24.5 Å². The van der Waals surface area contributed by atoms with E-state index < -0.39 is 23.3 Å². The predicted octanol–water partition coefficient (Wildman–Crippen LogP) is 1.34. The highest BCUT2D eigenvalue weighted by Crippen LogP contribution is 2.49. The van der Waals surface area contributed by atoms with Crippen molar-refractivity contribution in [2.75, 3.05) is 13.2 Å². The van der Waals surface area contributed by atoms with Crippen LogP contribution in [0.2, 0.25) is 0 Å². The maximum atomic E-state index is 12.7. The Hall–Kier alpha value is -1.73. The Kier molecular flexibility index (Phi) is 4.01. The summed E-state index contributed by atoms with van der Waals surface area (Å²) in [6.07, 6.45) is 0. The van der Waals surface area contributed by atoms with Gasteiger partial charge in [-0.1, -0.05) is 6.07 Å². The van der Waals surface area contributed by atoms with E-state index in [0.717, 1.165) is 4.88 Å². The summed E-state index contributed by atoms with van der Waals surface area (Å²) in [5.74, 6) is -2.25. The van der Waals surface area contributed by atoms with Gasteiger partial charge in [0.05, 0.1) is 24.5 Å². The average molecular weight is 336 g/mol. The van der Waals surface area contributed by atoms with Crippen molar-refractivity contribution in [3.63, 3.8) is 0 Å². The largest absolute Gasteiger partial charge is 0.465 e. The summed E-state index contributed by atoms with van der Waals surface area (Å²) < 4.78 is 5.18. The minimum Gasteiger partial charge on any atom is -0.465 e. The van der Waals surface area contributed by atoms with E-state index in [1.54, 1.807) is 20.8 Å². The Morgan fingerprint density at radius 2 is 2.13 bits per heavy atom. The van der Waals surface area contributed by atoms with Gasteiger partial charge in [0.2, 0.25) is 11.8 Å². The molecule has 6 nitrogen and oxygen atoms in total. The van der Waals surface area contributed by atoms with Gasteiger partial charge in [-0.3, -0.25) is 24.6 Å². The van der Waals surface area contributed by atoms with Crippen LogP contribution in [-0.4, -0.2) is 41.4 Å². The topological polar surface area (TPSA) is 75.7 Å². The summed E-state index contributed by atoms with van der Waals surface area (Å²) in [7, 11) is 0. The van der Waals surface area contributed by atoms with E-state index in [9.17, 15) is 14.4 Å². The van der Waals surface area contributed by atoms with E-state index in [4.69, 9.17) is 4.74 Å². The molecule has 0 aromatic carbocycles. The third kappa shape index (κ3) is 2.21. The van der Waals surface area contributed by atoms with Gasteiger partial charge >= 0.3 is 5.97 Å². The molecule has 4 atom stereocenters. The van der Waals surface area contributed by atoms with Gasteiger partial charge < -0.3 is 4.74 Å². The monoisotopic (exact) mass is 336 g/mol. The molecule has 1 aromatic rings. The second-order valence-electron chi connectivity index (χ2n) is 5.98. The highest BCUT2D eigenvalue weighted by atomic mass is 32.1. The zero-order valence-corrected chi connectivity index (χ0v) is 14.2. The fourth-order valence-electron chi connectivity index (χ4n) is 3.69. The van der Waals surface area contributed by atoms with Crippen LogP contribution in [0.4, 0.5) is 0 Å². The molecule has 3 rings (SSSR count). The van der Waals surface area contributed by atoms with Gasteiger partial charge in [-0.2, -0.15) is 0 Å². The van der Waals surface area contributed by atoms with Gasteiger partial charge in [0.25, 0.3) is 0 Å². The van der Waals surface area contributed by atoms with Crippen LogP contribution >= 0.6 is 11.3 Å². The molecule has 7 heteroatoms. The molecule has 124 valence electrons. The summed E-state index contributed by atoms with van der Waals surface area (Å²) in [4.78, 5) is 40.2. The van der Waals surface area contributed by atoms with Crippen LogP contribution in [0, 0.1) is 11.8 Å². The lowest BCUT2D eigenvalue weighted by Crippen LogP contribution is -2.54. The van der Waals surface area contributed by atoms with E-state index in [2.05, 4.69) is 5.32 Å². The Morgan fingerprint density at radius 3 is 2.70 bits per heavy atom. The molecule has 2 amide bonds. The first kappa shape index (κ1) is 16.1. The van der Waals surface area contributed by atoms with Gasteiger partial charge in [0.15, 0.2) is 0 Å². The fraction of sp³-hybridized carbons (Fsp3) is 0.562. The molecule has 3 heterocycles. The lowest BCUT2D eigenvalue weighted by molar-refractivity contribution is -0.155. The first-order valence-corrected chi connectivity index (χ1v) is 8.67. The number of ether oxygens (including phenoxy) is 1. The third-order valence-corrected chi connectivity index (χ3v) is 5.70. The molecule has 0 bridgehead atoms. The summed E-state index contributed by atoms with van der Waals surface area (Å²) in [6, 6.07) is 3.47. The second-order valence-corrected chi connectivity index (χ2v) is 6.96. The number of carbonyl (C=O) groups excluding carboxylic acids is 3. The Morgan fingerprint density at radius 1 is 1.39 bits per heavy atom. The molecule has 2 fully saturated rings. The van der Waals surface area contributed by atoms with Gasteiger partial charge in [0, 0.05) is 11.4 Å². The third-order valence-electron chi connectivity index (χ3n) is 4.74. The number of imide groups is 1. The van der Waals surface area contributed by atoms with Gasteiger partial charge in [-0.05, 0) is 32.2 Å². The molecular formula is C16H20N2O4S. The molecule has 2 aliphatic rings. The molecular weight excluding hydrogens is 316 g/mol. The highest BCUT2D eigenvalue weighted by Gasteiger charge is 2.66. The van der Waals surface area contributed by atoms with E-state index in [0.29, 0.717) is 6.54 Å². The minimum absolute atomic E-state index is 0.207. The Bertz CT molecular complexity index is 645. The number of likely N-dealkylation sites (tertiary alicyclic amines) is 1. The maximum absolute atomic E-state index is 12.7. The van der Waals surface area contributed by atoms with Crippen LogP contribution in [-0.2, 0) is 19.1 Å². The van der Waals surface area contributed by atoms with E-state index in [1.165, 1.54) is 16.2 Å². The first-order chi connectivity index (χ1) is 11.0. The van der Waals surface area contributed by atoms with Crippen LogP contribution in [0.15, 0.2) is 17.5 Å². The van der Waals surface area contributed by atoms with Crippen LogP contribution in [0.3, 0.4) is 0 Å². The zero-order chi connectivity index (χ0) is 16.8. The summed E-state index contributed by atoms with van der Waals surface area (Å²) in [5, 5.41) is 5.15. The number of hydrogen-bond donors (Lipinski definition) is 1. The number of nitrogens with zero attached hydrogens (tertiary/aromatic N) is 1. The summed E-state index contributed by atoms with van der Waals surface area (Å²) in [5.41, 5.74) is -1.19.